The van der Waals surface area contributed by atoms with Gasteiger partial charge in [-0.15, -0.1) is 0 Å². The largest absolute Gasteiger partial charge is 0.493 e. The Hall–Kier alpha value is -0.800. The Morgan fingerprint density at radius 2 is 2.27 bits per heavy atom. The Morgan fingerprint density at radius 1 is 1.47 bits per heavy atom. The van der Waals surface area contributed by atoms with Gasteiger partial charge in [0.15, 0.2) is 0 Å². The third kappa shape index (κ3) is 3.36. The van der Waals surface area contributed by atoms with Crippen LogP contribution < -0.4 is 4.74 Å². The minimum absolute atomic E-state index is 0.472. The first-order chi connectivity index (χ1) is 7.34. The van der Waals surface area contributed by atoms with Crippen molar-refractivity contribution in [3.63, 3.8) is 0 Å². The summed E-state index contributed by atoms with van der Waals surface area (Å²) in [6.07, 6.45) is 3.82. The lowest BCUT2D eigenvalue weighted by Crippen LogP contribution is -2.21. The number of aromatic nitrogens is 1. The minimum atomic E-state index is 0.472. The molecule has 0 N–H and O–H groups in total. The first-order valence-electron chi connectivity index (χ1n) is 5.17. The summed E-state index contributed by atoms with van der Waals surface area (Å²) in [6.45, 7) is 2.44. The van der Waals surface area contributed by atoms with Crippen LogP contribution in [0.1, 0.15) is 12.8 Å². The topological polar surface area (TPSA) is 31.4 Å². The number of hydrogen-bond donors (Lipinski definition) is 0. The minimum Gasteiger partial charge on any atom is -0.493 e. The van der Waals surface area contributed by atoms with Gasteiger partial charge in [-0.2, -0.15) is 0 Å². The van der Waals surface area contributed by atoms with Crippen LogP contribution in [0.25, 0.3) is 0 Å². The highest BCUT2D eigenvalue weighted by Crippen LogP contribution is 2.19. The van der Waals surface area contributed by atoms with E-state index in [-0.39, 0.29) is 0 Å². The average Bonchev–Trinajstić information content (AvgIpc) is 2.28. The summed E-state index contributed by atoms with van der Waals surface area (Å²) in [5.41, 5.74) is 0. The quantitative estimate of drug-likeness (QED) is 0.744. The summed E-state index contributed by atoms with van der Waals surface area (Å²) < 4.78 is 10.9. The van der Waals surface area contributed by atoms with Gasteiger partial charge in [0.25, 0.3) is 0 Å². The van der Waals surface area contributed by atoms with Gasteiger partial charge >= 0.3 is 0 Å². The molecule has 1 aliphatic heterocycles. The number of nitrogens with zero attached hydrogens (tertiary/aromatic N) is 1. The van der Waals surface area contributed by atoms with Crippen LogP contribution in [0.3, 0.4) is 0 Å². The molecule has 1 aromatic rings. The van der Waals surface area contributed by atoms with Crippen LogP contribution in [0.4, 0.5) is 0 Å². The van der Waals surface area contributed by atoms with Crippen LogP contribution >= 0.6 is 11.6 Å². The Labute approximate surface area is 94.4 Å². The van der Waals surface area contributed by atoms with Gasteiger partial charge in [0.1, 0.15) is 10.9 Å². The lowest BCUT2D eigenvalue weighted by atomic mass is 10.0. The Bertz CT molecular complexity index is 313. The molecule has 1 fully saturated rings. The zero-order valence-corrected chi connectivity index (χ0v) is 9.24. The molecule has 15 heavy (non-hydrogen) atoms. The van der Waals surface area contributed by atoms with E-state index in [9.17, 15) is 0 Å². The maximum absolute atomic E-state index is 5.76. The van der Waals surface area contributed by atoms with Gasteiger partial charge in [0.05, 0.1) is 6.61 Å². The fourth-order valence-corrected chi connectivity index (χ4v) is 1.77. The van der Waals surface area contributed by atoms with E-state index in [0.29, 0.717) is 11.1 Å². The molecule has 1 saturated heterocycles. The summed E-state index contributed by atoms with van der Waals surface area (Å²) in [5.74, 6) is 1.40. The van der Waals surface area contributed by atoms with Crippen molar-refractivity contribution in [3.05, 3.63) is 23.5 Å². The van der Waals surface area contributed by atoms with Crippen molar-refractivity contribution in [1.29, 1.82) is 0 Å². The average molecular weight is 228 g/mol. The second kappa shape index (κ2) is 5.33. The van der Waals surface area contributed by atoms with E-state index in [1.807, 2.05) is 6.07 Å². The molecule has 1 aromatic heterocycles. The smallest absolute Gasteiger partial charge is 0.132 e. The molecule has 0 aromatic carbocycles. The molecule has 2 rings (SSSR count). The third-order valence-electron chi connectivity index (χ3n) is 2.52. The highest BCUT2D eigenvalue weighted by Gasteiger charge is 2.14. The lowest BCUT2D eigenvalue weighted by molar-refractivity contribution is 0.0497. The molecule has 82 valence electrons. The molecule has 1 aliphatic rings. The van der Waals surface area contributed by atoms with Gasteiger partial charge in [-0.1, -0.05) is 11.6 Å². The van der Waals surface area contributed by atoms with Crippen LogP contribution in [0.5, 0.6) is 5.75 Å². The lowest BCUT2D eigenvalue weighted by Gasteiger charge is -2.21. The maximum Gasteiger partial charge on any atom is 0.132 e. The highest BCUT2D eigenvalue weighted by molar-refractivity contribution is 6.29. The second-order valence-electron chi connectivity index (χ2n) is 3.68. The van der Waals surface area contributed by atoms with E-state index in [4.69, 9.17) is 21.1 Å². The van der Waals surface area contributed by atoms with Crippen LogP contribution in [-0.2, 0) is 4.74 Å². The third-order valence-corrected chi connectivity index (χ3v) is 2.73. The highest BCUT2D eigenvalue weighted by atomic mass is 35.5. The summed E-state index contributed by atoms with van der Waals surface area (Å²) in [4.78, 5) is 3.90. The molecule has 0 unspecified atom stereocenters. The number of ether oxygens (including phenoxy) is 2. The van der Waals surface area contributed by atoms with Crippen molar-refractivity contribution in [2.75, 3.05) is 19.8 Å². The number of pyridine rings is 1. The van der Waals surface area contributed by atoms with E-state index in [0.717, 1.165) is 38.4 Å². The summed E-state index contributed by atoms with van der Waals surface area (Å²) in [7, 11) is 0. The van der Waals surface area contributed by atoms with Crippen molar-refractivity contribution in [2.24, 2.45) is 5.92 Å². The molecule has 0 atom stereocenters. The SMILES string of the molecule is Clc1cc(OCC2CCOCC2)ccn1. The molecular formula is C11H14ClNO2. The van der Waals surface area contributed by atoms with Crippen molar-refractivity contribution in [1.82, 2.24) is 4.98 Å². The summed E-state index contributed by atoms with van der Waals surface area (Å²) >= 11 is 5.76. The zero-order valence-electron chi connectivity index (χ0n) is 8.49. The zero-order chi connectivity index (χ0) is 10.5. The van der Waals surface area contributed by atoms with Crippen LogP contribution in [0.15, 0.2) is 18.3 Å². The fraction of sp³-hybridized carbons (Fsp3) is 0.545. The van der Waals surface area contributed by atoms with Gasteiger partial charge in [0.2, 0.25) is 0 Å². The summed E-state index contributed by atoms with van der Waals surface area (Å²) in [5, 5.41) is 0.472. The van der Waals surface area contributed by atoms with Crippen molar-refractivity contribution < 1.29 is 9.47 Å². The van der Waals surface area contributed by atoms with Crippen LogP contribution in [0.2, 0.25) is 5.15 Å². The fourth-order valence-electron chi connectivity index (χ4n) is 1.60. The maximum atomic E-state index is 5.76. The molecule has 0 saturated carbocycles. The van der Waals surface area contributed by atoms with E-state index < -0.39 is 0 Å². The van der Waals surface area contributed by atoms with Gasteiger partial charge in [-0.05, 0) is 24.8 Å². The summed E-state index contributed by atoms with van der Waals surface area (Å²) in [6, 6.07) is 3.56. The monoisotopic (exact) mass is 227 g/mol. The number of rotatable bonds is 3. The van der Waals surface area contributed by atoms with Gasteiger partial charge in [-0.3, -0.25) is 0 Å². The first-order valence-corrected chi connectivity index (χ1v) is 5.54. The molecule has 0 bridgehead atoms. The molecule has 4 heteroatoms. The molecule has 3 nitrogen and oxygen atoms in total. The molecule has 0 radical (unpaired) electrons. The predicted molar refractivity (Wildman–Crippen MR) is 58.3 cm³/mol. The Morgan fingerprint density at radius 3 is 3.00 bits per heavy atom. The Balaban J connectivity index is 1.81. The van der Waals surface area contributed by atoms with Crippen molar-refractivity contribution in [3.8, 4) is 5.75 Å². The normalized spacial score (nSPS) is 17.7. The van der Waals surface area contributed by atoms with Crippen LogP contribution in [0, 0.1) is 5.92 Å². The van der Waals surface area contributed by atoms with Crippen molar-refractivity contribution in [2.45, 2.75) is 12.8 Å². The number of halogens is 1. The molecule has 0 amide bonds. The van der Waals surface area contributed by atoms with E-state index >= 15 is 0 Å². The van der Waals surface area contributed by atoms with Gasteiger partial charge in [-0.25, -0.2) is 4.98 Å². The van der Waals surface area contributed by atoms with E-state index in [1.165, 1.54) is 0 Å². The molecular weight excluding hydrogens is 214 g/mol. The Kier molecular flexibility index (Phi) is 3.80. The van der Waals surface area contributed by atoms with E-state index in [2.05, 4.69) is 4.98 Å². The number of hydrogen-bond acceptors (Lipinski definition) is 3. The molecule has 2 heterocycles. The van der Waals surface area contributed by atoms with Crippen molar-refractivity contribution >= 4 is 11.6 Å². The van der Waals surface area contributed by atoms with E-state index in [1.54, 1.807) is 12.3 Å². The standard InChI is InChI=1S/C11H14ClNO2/c12-11-7-10(1-4-13-11)15-8-9-2-5-14-6-3-9/h1,4,7,9H,2-3,5-6,8H2. The second-order valence-corrected chi connectivity index (χ2v) is 4.07. The van der Waals surface area contributed by atoms with Gasteiger partial charge < -0.3 is 9.47 Å². The van der Waals surface area contributed by atoms with Crippen LogP contribution in [-0.4, -0.2) is 24.8 Å². The van der Waals surface area contributed by atoms with Gasteiger partial charge in [0, 0.05) is 25.5 Å². The first kappa shape index (κ1) is 10.7. The molecule has 0 aliphatic carbocycles. The molecule has 0 spiro atoms. The predicted octanol–water partition coefficient (Wildman–Crippen LogP) is 2.54.